The molecule has 2 amide bonds. The van der Waals surface area contributed by atoms with Crippen LogP contribution in [-0.4, -0.2) is 34.5 Å². The first kappa shape index (κ1) is 18.7. The van der Waals surface area contributed by atoms with Gasteiger partial charge in [0.05, 0.1) is 24.6 Å². The predicted octanol–water partition coefficient (Wildman–Crippen LogP) is 2.29. The molecule has 0 aliphatic heterocycles. The second-order valence-corrected chi connectivity index (χ2v) is 5.70. The molecule has 0 fully saturated rings. The smallest absolute Gasteiger partial charge is 0.259 e. The average molecular weight is 374 g/mol. The molecule has 3 N–H and O–H groups in total. The van der Waals surface area contributed by atoms with Crippen molar-refractivity contribution in [2.75, 3.05) is 17.2 Å². The molecule has 3 aromatic rings. The van der Waals surface area contributed by atoms with Crippen molar-refractivity contribution in [3.8, 4) is 0 Å². The number of carbonyl (C=O) groups is 2. The van der Waals surface area contributed by atoms with E-state index in [2.05, 4.69) is 31.1 Å². The lowest BCUT2D eigenvalue weighted by atomic mass is 10.2. The number of nitrogens with one attached hydrogen (secondary N) is 3. The quantitative estimate of drug-likeness (QED) is 0.434. The van der Waals surface area contributed by atoms with Crippen LogP contribution in [0.4, 0.5) is 11.4 Å². The van der Waals surface area contributed by atoms with Crippen LogP contribution in [0.2, 0.25) is 0 Å². The van der Waals surface area contributed by atoms with Crippen LogP contribution in [0.1, 0.15) is 15.9 Å². The molecule has 1 aromatic carbocycles. The van der Waals surface area contributed by atoms with E-state index in [-0.39, 0.29) is 18.4 Å². The van der Waals surface area contributed by atoms with E-state index in [0.29, 0.717) is 16.9 Å². The summed E-state index contributed by atoms with van der Waals surface area (Å²) in [5, 5.41) is 9.61. The maximum atomic E-state index is 12.3. The van der Waals surface area contributed by atoms with Gasteiger partial charge in [-0.15, -0.1) is 0 Å². The minimum absolute atomic E-state index is 0.0152. The minimum atomic E-state index is -0.310. The van der Waals surface area contributed by atoms with Crippen molar-refractivity contribution >= 4 is 29.4 Å². The molecule has 0 unspecified atom stereocenters. The molecule has 0 radical (unpaired) electrons. The fraction of sp³-hybridized carbons (Fsp3) is 0.0500. The lowest BCUT2D eigenvalue weighted by molar-refractivity contribution is -0.119. The van der Waals surface area contributed by atoms with Gasteiger partial charge >= 0.3 is 0 Å². The zero-order valence-corrected chi connectivity index (χ0v) is 14.9. The van der Waals surface area contributed by atoms with Gasteiger partial charge in [0.1, 0.15) is 0 Å². The number of hydrazone groups is 1. The largest absolute Gasteiger partial charge is 0.376 e. The Labute approximate surface area is 161 Å². The Balaban J connectivity index is 1.50. The lowest BCUT2D eigenvalue weighted by Crippen LogP contribution is -2.26. The fourth-order valence-corrected chi connectivity index (χ4v) is 2.26. The standard InChI is InChI=1S/C20H18N6O2/c27-19(26-24-12-15-6-9-21-10-7-15)14-23-17-4-1-3-16(11-17)20(28)25-18-5-2-8-22-13-18/h1-13,23H,14H2,(H,25,28)(H,26,27)/b24-12+. The Kier molecular flexibility index (Phi) is 6.40. The second kappa shape index (κ2) is 9.58. The SMILES string of the molecule is O=C(CNc1cccc(C(=O)Nc2cccnc2)c1)N/N=C/c1ccncc1. The molecule has 0 spiro atoms. The molecule has 0 aliphatic rings. The summed E-state index contributed by atoms with van der Waals surface area (Å²) in [6.07, 6.45) is 8.01. The maximum Gasteiger partial charge on any atom is 0.259 e. The maximum absolute atomic E-state index is 12.3. The number of pyridine rings is 2. The molecule has 0 atom stereocenters. The Morgan fingerprint density at radius 3 is 2.57 bits per heavy atom. The number of hydrogen-bond acceptors (Lipinski definition) is 6. The van der Waals surface area contributed by atoms with Crippen LogP contribution in [0.3, 0.4) is 0 Å². The molecule has 3 rings (SSSR count). The Bertz CT molecular complexity index is 961. The molecular weight excluding hydrogens is 356 g/mol. The summed E-state index contributed by atoms with van der Waals surface area (Å²) < 4.78 is 0. The van der Waals surface area contributed by atoms with Gasteiger partial charge in [-0.2, -0.15) is 5.10 Å². The number of aromatic nitrogens is 2. The molecule has 2 aromatic heterocycles. The molecule has 0 saturated heterocycles. The monoisotopic (exact) mass is 374 g/mol. The highest BCUT2D eigenvalue weighted by molar-refractivity contribution is 6.04. The van der Waals surface area contributed by atoms with Gasteiger partial charge in [-0.3, -0.25) is 19.6 Å². The minimum Gasteiger partial charge on any atom is -0.376 e. The van der Waals surface area contributed by atoms with E-state index in [4.69, 9.17) is 0 Å². The zero-order chi connectivity index (χ0) is 19.6. The van der Waals surface area contributed by atoms with Crippen molar-refractivity contribution in [3.05, 3.63) is 84.4 Å². The normalized spacial score (nSPS) is 10.4. The van der Waals surface area contributed by atoms with Crippen molar-refractivity contribution < 1.29 is 9.59 Å². The van der Waals surface area contributed by atoms with E-state index in [1.807, 2.05) is 0 Å². The van der Waals surface area contributed by atoms with Crippen LogP contribution in [-0.2, 0) is 4.79 Å². The summed E-state index contributed by atoms with van der Waals surface area (Å²) in [7, 11) is 0. The second-order valence-electron chi connectivity index (χ2n) is 5.70. The molecular formula is C20H18N6O2. The van der Waals surface area contributed by atoms with E-state index in [1.165, 1.54) is 6.21 Å². The summed E-state index contributed by atoms with van der Waals surface area (Å²) >= 11 is 0. The highest BCUT2D eigenvalue weighted by atomic mass is 16.2. The van der Waals surface area contributed by atoms with Crippen molar-refractivity contribution in [2.24, 2.45) is 5.10 Å². The zero-order valence-electron chi connectivity index (χ0n) is 14.9. The number of anilines is 2. The van der Waals surface area contributed by atoms with Gasteiger partial charge in [-0.05, 0) is 48.0 Å². The number of amides is 2. The van der Waals surface area contributed by atoms with Crippen molar-refractivity contribution in [2.45, 2.75) is 0 Å². The van der Waals surface area contributed by atoms with Gasteiger partial charge in [-0.1, -0.05) is 6.07 Å². The van der Waals surface area contributed by atoms with Crippen LogP contribution in [0.25, 0.3) is 0 Å². The van der Waals surface area contributed by atoms with E-state index in [1.54, 1.807) is 73.3 Å². The summed E-state index contributed by atoms with van der Waals surface area (Å²) in [4.78, 5) is 32.1. The third-order valence-corrected chi connectivity index (χ3v) is 3.61. The highest BCUT2D eigenvalue weighted by Crippen LogP contribution is 2.12. The topological polar surface area (TPSA) is 108 Å². The Morgan fingerprint density at radius 1 is 0.964 bits per heavy atom. The lowest BCUT2D eigenvalue weighted by Gasteiger charge is -2.08. The first-order chi connectivity index (χ1) is 13.7. The van der Waals surface area contributed by atoms with Gasteiger partial charge in [0.25, 0.3) is 11.8 Å². The average Bonchev–Trinajstić information content (AvgIpc) is 2.74. The first-order valence-corrected chi connectivity index (χ1v) is 8.48. The predicted molar refractivity (Wildman–Crippen MR) is 107 cm³/mol. The summed E-state index contributed by atoms with van der Waals surface area (Å²) in [6, 6.07) is 13.9. The molecule has 140 valence electrons. The Hall–Kier alpha value is -4.07. The summed E-state index contributed by atoms with van der Waals surface area (Å²) in [5.74, 6) is -0.571. The van der Waals surface area contributed by atoms with Crippen molar-refractivity contribution in [3.63, 3.8) is 0 Å². The van der Waals surface area contributed by atoms with Gasteiger partial charge in [-0.25, -0.2) is 5.43 Å². The van der Waals surface area contributed by atoms with Crippen molar-refractivity contribution in [1.29, 1.82) is 0 Å². The first-order valence-electron chi connectivity index (χ1n) is 8.48. The van der Waals surface area contributed by atoms with Gasteiger partial charge in [0, 0.05) is 29.8 Å². The molecule has 8 heteroatoms. The van der Waals surface area contributed by atoms with E-state index < -0.39 is 0 Å². The van der Waals surface area contributed by atoms with Gasteiger partial charge in [0.15, 0.2) is 0 Å². The number of nitrogens with zero attached hydrogens (tertiary/aromatic N) is 3. The fourth-order valence-electron chi connectivity index (χ4n) is 2.26. The number of hydrogen-bond donors (Lipinski definition) is 3. The highest BCUT2D eigenvalue weighted by Gasteiger charge is 2.07. The van der Waals surface area contributed by atoms with E-state index in [0.717, 1.165) is 5.56 Å². The Morgan fingerprint density at radius 2 is 1.79 bits per heavy atom. The molecule has 0 bridgehead atoms. The molecule has 8 nitrogen and oxygen atoms in total. The third kappa shape index (κ3) is 5.73. The van der Waals surface area contributed by atoms with Crippen LogP contribution < -0.4 is 16.1 Å². The molecule has 2 heterocycles. The van der Waals surface area contributed by atoms with Gasteiger partial charge in [0.2, 0.25) is 0 Å². The summed E-state index contributed by atoms with van der Waals surface area (Å²) in [6.45, 7) is 0.0152. The number of benzene rings is 1. The van der Waals surface area contributed by atoms with Crippen molar-refractivity contribution in [1.82, 2.24) is 15.4 Å². The van der Waals surface area contributed by atoms with E-state index >= 15 is 0 Å². The summed E-state index contributed by atoms with van der Waals surface area (Å²) in [5.41, 5.74) is 4.98. The molecule has 0 saturated carbocycles. The molecule has 0 aliphatic carbocycles. The molecule has 28 heavy (non-hydrogen) atoms. The van der Waals surface area contributed by atoms with Crippen LogP contribution >= 0.6 is 0 Å². The van der Waals surface area contributed by atoms with Crippen LogP contribution in [0, 0.1) is 0 Å². The van der Waals surface area contributed by atoms with Crippen LogP contribution in [0.15, 0.2) is 78.4 Å². The third-order valence-electron chi connectivity index (χ3n) is 3.61. The van der Waals surface area contributed by atoms with Gasteiger partial charge < -0.3 is 10.6 Å². The number of rotatable bonds is 7. The number of carbonyl (C=O) groups excluding carboxylic acids is 2. The van der Waals surface area contributed by atoms with Crippen LogP contribution in [0.5, 0.6) is 0 Å². The van der Waals surface area contributed by atoms with E-state index in [9.17, 15) is 9.59 Å².